The van der Waals surface area contributed by atoms with E-state index in [9.17, 15) is 0 Å². The van der Waals surface area contributed by atoms with Crippen LogP contribution in [-0.2, 0) is 13.5 Å². The monoisotopic (exact) mass is 208 g/mol. The number of hydrogen-bond donors (Lipinski definition) is 2. The van der Waals surface area contributed by atoms with Crippen LogP contribution in [0.25, 0.3) is 0 Å². The number of rotatable bonds is 3. The maximum absolute atomic E-state index is 5.31. The topological polar surface area (TPSA) is 94.8 Å². The molecule has 2 heterocycles. The summed E-state index contributed by atoms with van der Waals surface area (Å²) in [5.74, 6) is 0. The van der Waals surface area contributed by atoms with Gasteiger partial charge in [-0.3, -0.25) is 4.68 Å². The molecule has 2 aromatic heterocycles. The molecule has 0 aliphatic carbocycles. The number of aryl methyl sites for hydroxylation is 2. The highest BCUT2D eigenvalue weighted by Crippen LogP contribution is 2.19. The number of nitrogens with two attached hydrogens (primary N) is 1. The van der Waals surface area contributed by atoms with Gasteiger partial charge in [0.25, 0.3) is 0 Å². The number of hydrogen-bond acceptors (Lipinski definition) is 6. The molecule has 3 N–H and O–H groups in total. The summed E-state index contributed by atoms with van der Waals surface area (Å²) in [7, 11) is 1.85. The Hall–Kier alpha value is -2.05. The van der Waals surface area contributed by atoms with Crippen LogP contribution in [-0.4, -0.2) is 20.0 Å². The Morgan fingerprint density at radius 1 is 1.53 bits per heavy atom. The van der Waals surface area contributed by atoms with Crippen LogP contribution >= 0.6 is 0 Å². The van der Waals surface area contributed by atoms with Crippen LogP contribution in [0.5, 0.6) is 0 Å². The van der Waals surface area contributed by atoms with Crippen LogP contribution in [0.1, 0.15) is 12.6 Å². The average Bonchev–Trinajstić information content (AvgIpc) is 2.73. The lowest BCUT2D eigenvalue weighted by atomic mass is 10.3. The smallest absolute Gasteiger partial charge is 0.321 e. The summed E-state index contributed by atoms with van der Waals surface area (Å²) in [5, 5.41) is 14.5. The van der Waals surface area contributed by atoms with Gasteiger partial charge in [0.1, 0.15) is 0 Å². The van der Waals surface area contributed by atoms with Crippen molar-refractivity contribution >= 4 is 17.7 Å². The van der Waals surface area contributed by atoms with Crippen molar-refractivity contribution in [2.24, 2.45) is 7.05 Å². The van der Waals surface area contributed by atoms with E-state index in [0.717, 1.165) is 17.8 Å². The van der Waals surface area contributed by atoms with Gasteiger partial charge in [-0.1, -0.05) is 17.1 Å². The second-order valence-electron chi connectivity index (χ2n) is 3.09. The molecule has 0 aliphatic rings. The van der Waals surface area contributed by atoms with Gasteiger partial charge >= 0.3 is 12.0 Å². The summed E-state index contributed by atoms with van der Waals surface area (Å²) in [6.07, 6.45) is 2.67. The minimum absolute atomic E-state index is 0.0411. The third-order valence-corrected chi connectivity index (χ3v) is 1.92. The predicted octanol–water partition coefficient (Wildman–Crippen LogP) is 0.691. The molecule has 0 aliphatic heterocycles. The second-order valence-corrected chi connectivity index (χ2v) is 3.09. The molecule has 0 amide bonds. The van der Waals surface area contributed by atoms with E-state index < -0.39 is 0 Å². The average molecular weight is 208 g/mol. The number of nitrogen functional groups attached to an aromatic ring is 1. The summed E-state index contributed by atoms with van der Waals surface area (Å²) in [6, 6.07) is 0.314. The van der Waals surface area contributed by atoms with Gasteiger partial charge in [-0.05, 0) is 6.42 Å². The quantitative estimate of drug-likeness (QED) is 0.770. The van der Waals surface area contributed by atoms with Crippen LogP contribution in [0.4, 0.5) is 17.7 Å². The second kappa shape index (κ2) is 3.60. The molecule has 7 nitrogen and oxygen atoms in total. The Labute approximate surface area is 86.3 Å². The van der Waals surface area contributed by atoms with Crippen molar-refractivity contribution in [2.75, 3.05) is 11.1 Å². The lowest BCUT2D eigenvalue weighted by molar-refractivity contribution is 0.593. The molecule has 0 fully saturated rings. The van der Waals surface area contributed by atoms with Crippen LogP contribution in [0.3, 0.4) is 0 Å². The van der Waals surface area contributed by atoms with E-state index in [4.69, 9.17) is 10.2 Å². The first-order valence-corrected chi connectivity index (χ1v) is 4.57. The molecule has 0 radical (unpaired) electrons. The van der Waals surface area contributed by atoms with E-state index >= 15 is 0 Å². The van der Waals surface area contributed by atoms with E-state index in [2.05, 4.69) is 20.6 Å². The molecular formula is C8H12N6O. The Balaban J connectivity index is 2.23. The Bertz CT molecular complexity index is 459. The summed E-state index contributed by atoms with van der Waals surface area (Å²) < 4.78 is 6.73. The van der Waals surface area contributed by atoms with Gasteiger partial charge in [-0.25, -0.2) is 0 Å². The Morgan fingerprint density at radius 2 is 2.33 bits per heavy atom. The predicted molar refractivity (Wildman–Crippen MR) is 54.6 cm³/mol. The molecule has 0 saturated heterocycles. The lowest BCUT2D eigenvalue weighted by Crippen LogP contribution is -1.93. The van der Waals surface area contributed by atoms with Crippen molar-refractivity contribution in [3.63, 3.8) is 0 Å². The van der Waals surface area contributed by atoms with E-state index in [0.29, 0.717) is 0 Å². The number of anilines is 3. The molecule has 0 bridgehead atoms. The van der Waals surface area contributed by atoms with Gasteiger partial charge in [-0.15, -0.1) is 0 Å². The highest BCUT2D eigenvalue weighted by molar-refractivity contribution is 5.54. The molecule has 0 unspecified atom stereocenters. The first kappa shape index (κ1) is 9.50. The maximum atomic E-state index is 5.31. The highest BCUT2D eigenvalue weighted by Gasteiger charge is 2.09. The molecule has 80 valence electrons. The van der Waals surface area contributed by atoms with Crippen LogP contribution in [0, 0.1) is 0 Å². The van der Waals surface area contributed by atoms with Crippen molar-refractivity contribution in [2.45, 2.75) is 13.3 Å². The van der Waals surface area contributed by atoms with E-state index in [1.54, 1.807) is 4.68 Å². The summed E-state index contributed by atoms with van der Waals surface area (Å²) in [5.41, 5.74) is 7.10. The van der Waals surface area contributed by atoms with Crippen molar-refractivity contribution in [1.82, 2.24) is 20.0 Å². The zero-order valence-electron chi connectivity index (χ0n) is 8.56. The highest BCUT2D eigenvalue weighted by atomic mass is 16.4. The third kappa shape index (κ3) is 1.90. The fraction of sp³-hybridized carbons (Fsp3) is 0.375. The molecule has 15 heavy (non-hydrogen) atoms. The van der Waals surface area contributed by atoms with Gasteiger partial charge in [0.2, 0.25) is 0 Å². The minimum Gasteiger partial charge on any atom is -0.389 e. The first-order valence-electron chi connectivity index (χ1n) is 4.57. The number of nitrogens with one attached hydrogen (secondary N) is 1. The summed E-state index contributed by atoms with van der Waals surface area (Å²) in [6.45, 7) is 2.02. The fourth-order valence-corrected chi connectivity index (χ4v) is 1.30. The first-order chi connectivity index (χ1) is 7.19. The molecule has 7 heteroatoms. The van der Waals surface area contributed by atoms with Gasteiger partial charge in [0, 0.05) is 13.2 Å². The largest absolute Gasteiger partial charge is 0.389 e. The zero-order valence-corrected chi connectivity index (χ0v) is 8.56. The minimum atomic E-state index is 0.0411. The van der Waals surface area contributed by atoms with Crippen LogP contribution in [0.2, 0.25) is 0 Å². The molecule has 0 saturated carbocycles. The molecule has 2 aromatic rings. The summed E-state index contributed by atoms with van der Waals surface area (Å²) >= 11 is 0. The van der Waals surface area contributed by atoms with Crippen LogP contribution < -0.4 is 11.1 Å². The molecule has 0 spiro atoms. The number of aromatic nitrogens is 4. The van der Waals surface area contributed by atoms with Gasteiger partial charge in [0.05, 0.1) is 11.4 Å². The molecule has 2 rings (SSSR count). The summed E-state index contributed by atoms with van der Waals surface area (Å²) in [4.78, 5) is 0. The SMILES string of the molecule is CCc1nn(C)cc1Nc1nnc(N)o1. The molecular weight excluding hydrogens is 196 g/mol. The van der Waals surface area contributed by atoms with Crippen molar-refractivity contribution in [1.29, 1.82) is 0 Å². The van der Waals surface area contributed by atoms with E-state index in [-0.39, 0.29) is 12.0 Å². The van der Waals surface area contributed by atoms with Crippen molar-refractivity contribution in [3.8, 4) is 0 Å². The van der Waals surface area contributed by atoms with Gasteiger partial charge in [-0.2, -0.15) is 5.10 Å². The third-order valence-electron chi connectivity index (χ3n) is 1.92. The van der Waals surface area contributed by atoms with Gasteiger partial charge in [0.15, 0.2) is 0 Å². The normalized spacial score (nSPS) is 10.5. The maximum Gasteiger partial charge on any atom is 0.321 e. The Kier molecular flexibility index (Phi) is 2.28. The zero-order chi connectivity index (χ0) is 10.8. The van der Waals surface area contributed by atoms with Crippen molar-refractivity contribution < 1.29 is 4.42 Å². The van der Waals surface area contributed by atoms with Gasteiger partial charge < -0.3 is 15.5 Å². The van der Waals surface area contributed by atoms with Crippen molar-refractivity contribution in [3.05, 3.63) is 11.9 Å². The molecule has 0 aromatic carbocycles. The van der Waals surface area contributed by atoms with E-state index in [1.807, 2.05) is 20.2 Å². The lowest BCUT2D eigenvalue weighted by Gasteiger charge is -1.97. The number of nitrogens with zero attached hydrogens (tertiary/aromatic N) is 4. The standard InChI is InChI=1S/C8H12N6O/c1-3-5-6(4-14(2)13-5)10-8-12-11-7(9)15-8/h4H,3H2,1-2H3,(H2,9,11)(H,10,12). The Morgan fingerprint density at radius 3 is 2.93 bits per heavy atom. The fourth-order valence-electron chi connectivity index (χ4n) is 1.30. The molecule has 0 atom stereocenters. The van der Waals surface area contributed by atoms with E-state index in [1.165, 1.54) is 0 Å². The van der Waals surface area contributed by atoms with Crippen LogP contribution in [0.15, 0.2) is 10.6 Å².